The number of halogens is 1. The lowest BCUT2D eigenvalue weighted by atomic mass is 10.0. The van der Waals surface area contributed by atoms with E-state index in [1.54, 1.807) is 17.2 Å². The number of nitrogens with zero attached hydrogens (tertiary/aromatic N) is 1. The molecule has 0 bridgehead atoms. The molecule has 1 aliphatic rings. The first-order chi connectivity index (χ1) is 12.1. The molecule has 132 valence electrons. The molecular weight excluding hydrogens is 384 g/mol. The van der Waals surface area contributed by atoms with Gasteiger partial charge < -0.3 is 14.6 Å². The third-order valence-corrected chi connectivity index (χ3v) is 5.04. The summed E-state index contributed by atoms with van der Waals surface area (Å²) in [6.45, 7) is 2.89. The maximum Gasteiger partial charge on any atom is 0.225 e. The van der Waals surface area contributed by atoms with Crippen molar-refractivity contribution in [3.05, 3.63) is 58.5 Å². The highest BCUT2D eigenvalue weighted by Crippen LogP contribution is 2.24. The van der Waals surface area contributed by atoms with Crippen LogP contribution in [0.15, 0.2) is 51.6 Å². The molecule has 1 fully saturated rings. The average molecular weight is 405 g/mol. The number of furan rings is 1. The molecule has 6 heteroatoms. The van der Waals surface area contributed by atoms with E-state index in [0.29, 0.717) is 13.1 Å². The van der Waals surface area contributed by atoms with Crippen molar-refractivity contribution in [3.8, 4) is 0 Å². The molecule has 2 aromatic rings. The van der Waals surface area contributed by atoms with Gasteiger partial charge >= 0.3 is 0 Å². The van der Waals surface area contributed by atoms with E-state index in [9.17, 15) is 9.59 Å². The van der Waals surface area contributed by atoms with Crippen LogP contribution in [0.2, 0.25) is 0 Å². The first kappa shape index (κ1) is 17.7. The molecule has 0 saturated carbocycles. The van der Waals surface area contributed by atoms with Crippen molar-refractivity contribution in [1.29, 1.82) is 0 Å². The number of hydrogen-bond acceptors (Lipinski definition) is 3. The van der Waals surface area contributed by atoms with Crippen molar-refractivity contribution in [3.63, 3.8) is 0 Å². The number of rotatable bonds is 6. The summed E-state index contributed by atoms with van der Waals surface area (Å²) in [5.74, 6) is 0.348. The maximum absolute atomic E-state index is 12.6. The third kappa shape index (κ3) is 4.31. The lowest BCUT2D eigenvalue weighted by Gasteiger charge is -2.20. The van der Waals surface area contributed by atoms with E-state index in [1.807, 2.05) is 37.3 Å². The molecule has 25 heavy (non-hydrogen) atoms. The van der Waals surface area contributed by atoms with E-state index in [0.717, 1.165) is 22.2 Å². The van der Waals surface area contributed by atoms with Crippen LogP contribution >= 0.6 is 15.9 Å². The monoisotopic (exact) mass is 404 g/mol. The summed E-state index contributed by atoms with van der Waals surface area (Å²) in [6, 6.07) is 11.5. The van der Waals surface area contributed by atoms with Gasteiger partial charge in [-0.15, -0.1) is 0 Å². The van der Waals surface area contributed by atoms with Crippen LogP contribution in [-0.4, -0.2) is 23.3 Å². The molecule has 5 nitrogen and oxygen atoms in total. The molecule has 1 saturated heterocycles. The van der Waals surface area contributed by atoms with Crippen molar-refractivity contribution >= 4 is 27.7 Å². The summed E-state index contributed by atoms with van der Waals surface area (Å²) in [5.41, 5.74) is 1.07. The van der Waals surface area contributed by atoms with Gasteiger partial charge in [0.25, 0.3) is 0 Å². The largest absolute Gasteiger partial charge is 0.467 e. The zero-order valence-electron chi connectivity index (χ0n) is 14.1. The average Bonchev–Trinajstić information content (AvgIpc) is 3.24. The van der Waals surface area contributed by atoms with E-state index in [4.69, 9.17) is 4.42 Å². The van der Waals surface area contributed by atoms with Gasteiger partial charge in [0.05, 0.1) is 24.8 Å². The molecule has 2 amide bonds. The topological polar surface area (TPSA) is 62.6 Å². The van der Waals surface area contributed by atoms with Crippen LogP contribution in [0.5, 0.6) is 0 Å². The lowest BCUT2D eigenvalue weighted by molar-refractivity contribution is -0.129. The maximum atomic E-state index is 12.6. The Bertz CT molecular complexity index is 728. The van der Waals surface area contributed by atoms with E-state index in [1.165, 1.54) is 0 Å². The van der Waals surface area contributed by atoms with Crippen LogP contribution in [0, 0.1) is 5.92 Å². The van der Waals surface area contributed by atoms with Gasteiger partial charge in [-0.2, -0.15) is 0 Å². The number of hydrogen-bond donors (Lipinski definition) is 1. The van der Waals surface area contributed by atoms with Crippen molar-refractivity contribution < 1.29 is 14.0 Å². The Morgan fingerprint density at radius 2 is 2.12 bits per heavy atom. The van der Waals surface area contributed by atoms with Crippen LogP contribution in [0.25, 0.3) is 0 Å². The number of likely N-dealkylation sites (tertiary alicyclic amines) is 1. The van der Waals surface area contributed by atoms with Crippen molar-refractivity contribution in [2.24, 2.45) is 5.92 Å². The molecule has 1 aliphatic heterocycles. The quantitative estimate of drug-likeness (QED) is 0.798. The van der Waals surface area contributed by atoms with Crippen molar-refractivity contribution in [1.82, 2.24) is 10.2 Å². The smallest absolute Gasteiger partial charge is 0.225 e. The fraction of sp³-hybridized carbons (Fsp3) is 0.368. The molecular formula is C19H21BrN2O3. The van der Waals surface area contributed by atoms with Gasteiger partial charge in [0.1, 0.15) is 5.76 Å². The van der Waals surface area contributed by atoms with Crippen molar-refractivity contribution in [2.45, 2.75) is 32.4 Å². The summed E-state index contributed by atoms with van der Waals surface area (Å²) < 4.78 is 6.30. The predicted molar refractivity (Wildman–Crippen MR) is 97.5 cm³/mol. The Balaban J connectivity index is 1.60. The van der Waals surface area contributed by atoms with Gasteiger partial charge in [-0.25, -0.2) is 0 Å². The summed E-state index contributed by atoms with van der Waals surface area (Å²) in [6.07, 6.45) is 2.64. The Labute approximate surface area is 155 Å². The first-order valence-corrected chi connectivity index (χ1v) is 9.22. The normalized spacial score (nSPS) is 18.4. The second-order valence-electron chi connectivity index (χ2n) is 6.28. The minimum Gasteiger partial charge on any atom is -0.467 e. The Kier molecular flexibility index (Phi) is 5.58. The standard InChI is InChI=1S/C19H21BrN2O3/c1-2-17(13-5-7-15(20)8-6-13)21-19(24)14-10-18(23)22(11-14)12-16-4-3-9-25-16/h3-9,14,17H,2,10-12H2,1H3,(H,21,24). The molecule has 1 aromatic heterocycles. The zero-order chi connectivity index (χ0) is 17.8. The summed E-state index contributed by atoms with van der Waals surface area (Å²) in [5, 5.41) is 3.09. The van der Waals surface area contributed by atoms with E-state index < -0.39 is 0 Å². The molecule has 3 rings (SSSR count). The van der Waals surface area contributed by atoms with Crippen LogP contribution in [-0.2, 0) is 16.1 Å². The number of nitrogens with one attached hydrogen (secondary N) is 1. The summed E-state index contributed by atoms with van der Waals surface area (Å²) in [4.78, 5) is 26.5. The van der Waals surface area contributed by atoms with Crippen LogP contribution in [0.3, 0.4) is 0 Å². The predicted octanol–water partition coefficient (Wildman–Crippen LogP) is 3.66. The van der Waals surface area contributed by atoms with Gasteiger partial charge in [0, 0.05) is 17.4 Å². The molecule has 0 radical (unpaired) electrons. The van der Waals surface area contributed by atoms with E-state index in [-0.39, 0.29) is 30.2 Å². The Morgan fingerprint density at radius 1 is 1.36 bits per heavy atom. The highest BCUT2D eigenvalue weighted by molar-refractivity contribution is 9.10. The molecule has 0 spiro atoms. The molecule has 2 heterocycles. The number of amides is 2. The minimum atomic E-state index is -0.313. The van der Waals surface area contributed by atoms with Crippen molar-refractivity contribution in [2.75, 3.05) is 6.54 Å². The highest BCUT2D eigenvalue weighted by Gasteiger charge is 2.35. The van der Waals surface area contributed by atoms with Gasteiger partial charge in [-0.05, 0) is 36.2 Å². The SMILES string of the molecule is CCC(NC(=O)C1CC(=O)N(Cc2ccco2)C1)c1ccc(Br)cc1. The molecule has 0 aliphatic carbocycles. The number of carbonyl (C=O) groups is 2. The van der Waals surface area contributed by atoms with Crippen LogP contribution in [0.4, 0.5) is 0 Å². The van der Waals surface area contributed by atoms with E-state index in [2.05, 4.69) is 21.2 Å². The van der Waals surface area contributed by atoms with Gasteiger partial charge in [-0.1, -0.05) is 35.0 Å². The summed E-state index contributed by atoms with van der Waals surface area (Å²) >= 11 is 3.42. The number of benzene rings is 1. The van der Waals surface area contributed by atoms with Gasteiger partial charge in [0.2, 0.25) is 11.8 Å². The highest BCUT2D eigenvalue weighted by atomic mass is 79.9. The van der Waals surface area contributed by atoms with Crippen LogP contribution < -0.4 is 5.32 Å². The van der Waals surface area contributed by atoms with Gasteiger partial charge in [0.15, 0.2) is 0 Å². The first-order valence-electron chi connectivity index (χ1n) is 8.42. The Morgan fingerprint density at radius 3 is 2.76 bits per heavy atom. The van der Waals surface area contributed by atoms with E-state index >= 15 is 0 Å². The minimum absolute atomic E-state index is 0.00626. The molecule has 2 atom stereocenters. The fourth-order valence-corrected chi connectivity index (χ4v) is 3.36. The lowest BCUT2D eigenvalue weighted by Crippen LogP contribution is -2.35. The second-order valence-corrected chi connectivity index (χ2v) is 7.19. The molecule has 1 aromatic carbocycles. The Hall–Kier alpha value is -2.08. The third-order valence-electron chi connectivity index (χ3n) is 4.51. The summed E-state index contributed by atoms with van der Waals surface area (Å²) in [7, 11) is 0. The number of carbonyl (C=O) groups excluding carboxylic acids is 2. The molecule has 1 N–H and O–H groups in total. The molecule has 2 unspecified atom stereocenters. The fourth-order valence-electron chi connectivity index (χ4n) is 3.10. The zero-order valence-corrected chi connectivity index (χ0v) is 15.7. The van der Waals surface area contributed by atoms with Gasteiger partial charge in [-0.3, -0.25) is 9.59 Å². The second kappa shape index (κ2) is 7.87. The van der Waals surface area contributed by atoms with Crippen LogP contribution in [0.1, 0.15) is 37.1 Å².